The molecule has 0 bridgehead atoms. The fourth-order valence-corrected chi connectivity index (χ4v) is 1.49. The summed E-state index contributed by atoms with van der Waals surface area (Å²) >= 11 is 0. The summed E-state index contributed by atoms with van der Waals surface area (Å²) in [6, 6.07) is 5.67. The van der Waals surface area contributed by atoms with E-state index < -0.39 is 11.8 Å². The molecule has 0 spiro atoms. The zero-order valence-corrected chi connectivity index (χ0v) is 9.63. The Morgan fingerprint density at radius 1 is 1.50 bits per heavy atom. The molecule has 6 heteroatoms. The SMILES string of the molecule is CCOc1ccc(-n2ccc(C(=O)O)n2)cc1F. The van der Waals surface area contributed by atoms with Crippen LogP contribution in [0.15, 0.2) is 30.5 Å². The van der Waals surface area contributed by atoms with Gasteiger partial charge in [0.15, 0.2) is 17.3 Å². The molecule has 0 fully saturated rings. The minimum atomic E-state index is -1.12. The molecule has 0 unspecified atom stereocenters. The Morgan fingerprint density at radius 3 is 2.83 bits per heavy atom. The van der Waals surface area contributed by atoms with E-state index in [2.05, 4.69) is 5.10 Å². The standard InChI is InChI=1S/C12H11FN2O3/c1-2-18-11-4-3-8(7-9(11)13)15-6-5-10(14-15)12(16)17/h3-7H,2H2,1H3,(H,16,17). The molecule has 1 aromatic carbocycles. The van der Waals surface area contributed by atoms with Crippen molar-refractivity contribution in [3.63, 3.8) is 0 Å². The van der Waals surface area contributed by atoms with Crippen LogP contribution < -0.4 is 4.74 Å². The van der Waals surface area contributed by atoms with Crippen molar-refractivity contribution in [1.82, 2.24) is 9.78 Å². The lowest BCUT2D eigenvalue weighted by Gasteiger charge is -2.06. The number of carbonyl (C=O) groups is 1. The highest BCUT2D eigenvalue weighted by atomic mass is 19.1. The maximum Gasteiger partial charge on any atom is 0.356 e. The van der Waals surface area contributed by atoms with E-state index in [1.807, 2.05) is 0 Å². The molecule has 0 amide bonds. The molecular formula is C12H11FN2O3. The molecule has 0 saturated heterocycles. The minimum Gasteiger partial charge on any atom is -0.491 e. The third-order valence-corrected chi connectivity index (χ3v) is 2.29. The summed E-state index contributed by atoms with van der Waals surface area (Å²) in [5, 5.41) is 12.6. The van der Waals surface area contributed by atoms with Crippen LogP contribution in [0.3, 0.4) is 0 Å². The summed E-state index contributed by atoms with van der Waals surface area (Å²) in [6.45, 7) is 2.14. The largest absolute Gasteiger partial charge is 0.491 e. The van der Waals surface area contributed by atoms with E-state index >= 15 is 0 Å². The van der Waals surface area contributed by atoms with E-state index in [4.69, 9.17) is 9.84 Å². The molecule has 0 aliphatic heterocycles. The Bertz CT molecular complexity index is 580. The van der Waals surface area contributed by atoms with E-state index in [9.17, 15) is 9.18 Å². The average Bonchev–Trinajstić information content (AvgIpc) is 2.81. The summed E-state index contributed by atoms with van der Waals surface area (Å²) in [5.74, 6) is -1.48. The number of nitrogens with zero attached hydrogens (tertiary/aromatic N) is 2. The van der Waals surface area contributed by atoms with Crippen LogP contribution in [0.4, 0.5) is 4.39 Å². The van der Waals surface area contributed by atoms with Crippen molar-refractivity contribution in [3.05, 3.63) is 42.0 Å². The maximum absolute atomic E-state index is 13.6. The summed E-state index contributed by atoms with van der Waals surface area (Å²) < 4.78 is 20.0. The Kier molecular flexibility index (Phi) is 3.27. The molecule has 1 heterocycles. The first kappa shape index (κ1) is 12.1. The molecule has 0 radical (unpaired) electrons. The Balaban J connectivity index is 2.33. The Hall–Kier alpha value is -2.37. The molecule has 5 nitrogen and oxygen atoms in total. The Labute approximate surface area is 102 Å². The van der Waals surface area contributed by atoms with Gasteiger partial charge in [0.2, 0.25) is 0 Å². The van der Waals surface area contributed by atoms with Gasteiger partial charge in [0.05, 0.1) is 12.3 Å². The molecule has 2 aromatic rings. The van der Waals surface area contributed by atoms with Crippen molar-refractivity contribution in [1.29, 1.82) is 0 Å². The van der Waals surface area contributed by atoms with Crippen LogP contribution in [0.2, 0.25) is 0 Å². The normalized spacial score (nSPS) is 10.3. The van der Waals surface area contributed by atoms with E-state index in [1.54, 1.807) is 13.0 Å². The molecule has 18 heavy (non-hydrogen) atoms. The van der Waals surface area contributed by atoms with Crippen LogP contribution in [-0.2, 0) is 0 Å². The fourth-order valence-electron chi connectivity index (χ4n) is 1.49. The number of halogens is 1. The number of carboxylic acids is 1. The summed E-state index contributed by atoms with van der Waals surface area (Å²) in [6.07, 6.45) is 1.46. The smallest absolute Gasteiger partial charge is 0.356 e. The maximum atomic E-state index is 13.6. The van der Waals surface area contributed by atoms with Gasteiger partial charge in [-0.25, -0.2) is 13.9 Å². The van der Waals surface area contributed by atoms with Crippen molar-refractivity contribution in [3.8, 4) is 11.4 Å². The molecule has 0 aliphatic rings. The van der Waals surface area contributed by atoms with Gasteiger partial charge < -0.3 is 9.84 Å². The predicted octanol–water partition coefficient (Wildman–Crippen LogP) is 2.11. The van der Waals surface area contributed by atoms with Crippen LogP contribution in [0, 0.1) is 5.82 Å². The second-order valence-corrected chi connectivity index (χ2v) is 3.50. The first-order valence-electron chi connectivity index (χ1n) is 5.33. The van der Waals surface area contributed by atoms with E-state index in [-0.39, 0.29) is 11.4 Å². The van der Waals surface area contributed by atoms with Gasteiger partial charge >= 0.3 is 5.97 Å². The monoisotopic (exact) mass is 250 g/mol. The van der Waals surface area contributed by atoms with Crippen molar-refractivity contribution >= 4 is 5.97 Å². The first-order valence-corrected chi connectivity index (χ1v) is 5.33. The lowest BCUT2D eigenvalue weighted by molar-refractivity contribution is 0.0690. The van der Waals surface area contributed by atoms with Gasteiger partial charge in [-0.1, -0.05) is 0 Å². The van der Waals surface area contributed by atoms with Gasteiger partial charge in [-0.3, -0.25) is 0 Å². The topological polar surface area (TPSA) is 64.3 Å². The van der Waals surface area contributed by atoms with Gasteiger partial charge in [0, 0.05) is 12.3 Å². The molecular weight excluding hydrogens is 239 g/mol. The van der Waals surface area contributed by atoms with E-state index in [1.165, 1.54) is 29.1 Å². The van der Waals surface area contributed by atoms with Crippen molar-refractivity contribution in [2.75, 3.05) is 6.61 Å². The van der Waals surface area contributed by atoms with Crippen molar-refractivity contribution in [2.24, 2.45) is 0 Å². The average molecular weight is 250 g/mol. The van der Waals surface area contributed by atoms with E-state index in [0.29, 0.717) is 12.3 Å². The second-order valence-electron chi connectivity index (χ2n) is 3.50. The number of hydrogen-bond acceptors (Lipinski definition) is 3. The number of benzene rings is 1. The third kappa shape index (κ3) is 2.32. The number of aromatic carboxylic acids is 1. The Morgan fingerprint density at radius 2 is 2.28 bits per heavy atom. The highest BCUT2D eigenvalue weighted by Crippen LogP contribution is 2.20. The quantitative estimate of drug-likeness (QED) is 0.902. The van der Waals surface area contributed by atoms with Gasteiger partial charge in [-0.05, 0) is 25.1 Å². The molecule has 0 saturated carbocycles. The molecule has 94 valence electrons. The zero-order chi connectivity index (χ0) is 13.1. The third-order valence-electron chi connectivity index (χ3n) is 2.29. The summed E-state index contributed by atoms with van der Waals surface area (Å²) in [7, 11) is 0. The lowest BCUT2D eigenvalue weighted by atomic mass is 10.3. The molecule has 1 aromatic heterocycles. The van der Waals surface area contributed by atoms with Gasteiger partial charge in [-0.15, -0.1) is 0 Å². The van der Waals surface area contributed by atoms with Gasteiger partial charge in [-0.2, -0.15) is 5.10 Å². The second kappa shape index (κ2) is 4.87. The fraction of sp³-hybridized carbons (Fsp3) is 0.167. The summed E-state index contributed by atoms with van der Waals surface area (Å²) in [4.78, 5) is 10.7. The van der Waals surface area contributed by atoms with Crippen LogP contribution in [-0.4, -0.2) is 27.5 Å². The number of ether oxygens (including phenoxy) is 1. The lowest BCUT2D eigenvalue weighted by Crippen LogP contribution is -2.02. The van der Waals surface area contributed by atoms with Crippen molar-refractivity contribution in [2.45, 2.75) is 6.92 Å². The molecule has 2 rings (SSSR count). The van der Waals surface area contributed by atoms with Crippen LogP contribution in [0.25, 0.3) is 5.69 Å². The number of aromatic nitrogens is 2. The van der Waals surface area contributed by atoms with E-state index in [0.717, 1.165) is 0 Å². The minimum absolute atomic E-state index is 0.0932. The molecule has 0 atom stereocenters. The van der Waals surface area contributed by atoms with Crippen LogP contribution in [0.1, 0.15) is 17.4 Å². The highest BCUT2D eigenvalue weighted by molar-refractivity contribution is 5.85. The van der Waals surface area contributed by atoms with Gasteiger partial charge in [0.25, 0.3) is 0 Å². The number of hydrogen-bond donors (Lipinski definition) is 1. The van der Waals surface area contributed by atoms with Gasteiger partial charge in [0.1, 0.15) is 0 Å². The van der Waals surface area contributed by atoms with Crippen molar-refractivity contribution < 1.29 is 19.0 Å². The number of rotatable bonds is 4. The summed E-state index contributed by atoms with van der Waals surface area (Å²) in [5.41, 5.74) is 0.341. The van der Waals surface area contributed by atoms with Crippen LogP contribution in [0.5, 0.6) is 5.75 Å². The predicted molar refractivity (Wildman–Crippen MR) is 61.7 cm³/mol. The number of carboxylic acid groups (broad SMARTS) is 1. The first-order chi connectivity index (χ1) is 8.61. The highest BCUT2D eigenvalue weighted by Gasteiger charge is 2.10. The van der Waals surface area contributed by atoms with Crippen LogP contribution >= 0.6 is 0 Å². The molecule has 1 N–H and O–H groups in total. The zero-order valence-electron chi connectivity index (χ0n) is 9.63. The molecule has 0 aliphatic carbocycles.